The third kappa shape index (κ3) is 4.52. The Morgan fingerprint density at radius 2 is 2.00 bits per heavy atom. The Labute approximate surface area is 162 Å². The first-order chi connectivity index (χ1) is 12.7. The molecule has 5 heteroatoms. The van der Waals surface area contributed by atoms with Crippen LogP contribution in [0.5, 0.6) is 0 Å². The maximum atomic E-state index is 12.2. The average molecular weight is 414 g/mol. The van der Waals surface area contributed by atoms with Crippen LogP contribution >= 0.6 is 15.9 Å². The highest BCUT2D eigenvalue weighted by Gasteiger charge is 2.10. The predicted octanol–water partition coefficient (Wildman–Crippen LogP) is 4.96. The van der Waals surface area contributed by atoms with E-state index in [0.717, 1.165) is 48.0 Å². The maximum absolute atomic E-state index is 12.2. The largest absolute Gasteiger partial charge is 0.352 e. The van der Waals surface area contributed by atoms with Crippen molar-refractivity contribution in [2.75, 3.05) is 6.54 Å². The number of fused-ring (bicyclic) bond motifs is 1. The molecule has 0 fully saturated rings. The summed E-state index contributed by atoms with van der Waals surface area (Å²) in [7, 11) is 0. The third-order valence-electron chi connectivity index (χ3n) is 4.42. The topological polar surface area (TPSA) is 46.9 Å². The van der Waals surface area contributed by atoms with Crippen LogP contribution in [0.2, 0.25) is 0 Å². The molecule has 0 saturated heterocycles. The van der Waals surface area contributed by atoms with Crippen LogP contribution in [0.15, 0.2) is 53.0 Å². The number of carbonyl (C=O) groups is 1. The van der Waals surface area contributed by atoms with Crippen LogP contribution in [0.3, 0.4) is 0 Å². The summed E-state index contributed by atoms with van der Waals surface area (Å²) in [5.74, 6) is 1.07. The minimum atomic E-state index is -0.0363. The predicted molar refractivity (Wildman–Crippen MR) is 109 cm³/mol. The van der Waals surface area contributed by atoms with Gasteiger partial charge in [0.15, 0.2) is 0 Å². The van der Waals surface area contributed by atoms with E-state index >= 15 is 0 Å². The summed E-state index contributed by atoms with van der Waals surface area (Å²) in [4.78, 5) is 17.0. The minimum Gasteiger partial charge on any atom is -0.352 e. The summed E-state index contributed by atoms with van der Waals surface area (Å²) in [6, 6.07) is 15.7. The number of aryl methyl sites for hydroxylation is 2. The Kier molecular flexibility index (Phi) is 6.45. The highest BCUT2D eigenvalue weighted by Crippen LogP contribution is 2.18. The second-order valence-electron chi connectivity index (χ2n) is 6.39. The van der Waals surface area contributed by atoms with Crippen molar-refractivity contribution in [1.82, 2.24) is 14.9 Å². The van der Waals surface area contributed by atoms with Crippen molar-refractivity contribution >= 4 is 32.9 Å². The van der Waals surface area contributed by atoms with E-state index in [1.807, 2.05) is 30.3 Å². The zero-order chi connectivity index (χ0) is 18.4. The number of amides is 1. The molecule has 1 N–H and O–H groups in total. The summed E-state index contributed by atoms with van der Waals surface area (Å²) in [6.07, 6.45) is 4.04. The Balaban J connectivity index is 1.60. The number of nitrogens with zero attached hydrogens (tertiary/aromatic N) is 2. The average Bonchev–Trinajstić information content (AvgIpc) is 3.00. The zero-order valence-corrected chi connectivity index (χ0v) is 16.6. The van der Waals surface area contributed by atoms with Crippen molar-refractivity contribution in [2.24, 2.45) is 0 Å². The summed E-state index contributed by atoms with van der Waals surface area (Å²) >= 11 is 3.40. The fourth-order valence-electron chi connectivity index (χ4n) is 3.06. The van der Waals surface area contributed by atoms with Gasteiger partial charge in [0.05, 0.1) is 11.0 Å². The summed E-state index contributed by atoms with van der Waals surface area (Å²) in [5, 5.41) is 3.00. The quantitative estimate of drug-likeness (QED) is 0.530. The van der Waals surface area contributed by atoms with Crippen molar-refractivity contribution in [3.05, 3.63) is 64.4 Å². The molecule has 0 spiro atoms. The SMILES string of the molecule is CCCCn1c(CCCNC(=O)c2cccc(Br)c2)nc2ccccc21. The fraction of sp³-hybridized carbons (Fsp3) is 0.333. The number of carbonyl (C=O) groups excluding carboxylic acids is 1. The number of unbranched alkanes of at least 4 members (excludes halogenated alkanes) is 1. The van der Waals surface area contributed by atoms with Gasteiger partial charge in [0, 0.05) is 29.5 Å². The molecule has 1 heterocycles. The van der Waals surface area contributed by atoms with Gasteiger partial charge in [-0.15, -0.1) is 0 Å². The lowest BCUT2D eigenvalue weighted by molar-refractivity contribution is 0.0953. The van der Waals surface area contributed by atoms with Crippen LogP contribution in [0.4, 0.5) is 0 Å². The van der Waals surface area contributed by atoms with E-state index in [2.05, 4.69) is 50.9 Å². The van der Waals surface area contributed by atoms with E-state index in [-0.39, 0.29) is 5.91 Å². The molecule has 0 bridgehead atoms. The van der Waals surface area contributed by atoms with E-state index in [4.69, 9.17) is 4.98 Å². The number of hydrogen-bond donors (Lipinski definition) is 1. The molecule has 0 saturated carbocycles. The molecule has 3 aromatic rings. The minimum absolute atomic E-state index is 0.0363. The number of para-hydroxylation sites is 2. The molecule has 0 aliphatic rings. The van der Waals surface area contributed by atoms with E-state index in [9.17, 15) is 4.79 Å². The number of rotatable bonds is 8. The van der Waals surface area contributed by atoms with E-state index in [1.165, 1.54) is 5.52 Å². The highest BCUT2D eigenvalue weighted by molar-refractivity contribution is 9.10. The van der Waals surface area contributed by atoms with Crippen molar-refractivity contribution in [3.63, 3.8) is 0 Å². The maximum Gasteiger partial charge on any atom is 0.251 e. The van der Waals surface area contributed by atoms with Crippen LogP contribution in [-0.4, -0.2) is 22.0 Å². The number of benzene rings is 2. The smallest absolute Gasteiger partial charge is 0.251 e. The molecule has 0 atom stereocenters. The molecule has 3 rings (SSSR count). The first kappa shape index (κ1) is 18.6. The van der Waals surface area contributed by atoms with Crippen LogP contribution in [-0.2, 0) is 13.0 Å². The van der Waals surface area contributed by atoms with Gasteiger partial charge in [-0.2, -0.15) is 0 Å². The van der Waals surface area contributed by atoms with Crippen LogP contribution in [0, 0.1) is 0 Å². The highest BCUT2D eigenvalue weighted by atomic mass is 79.9. The lowest BCUT2D eigenvalue weighted by atomic mass is 10.2. The van der Waals surface area contributed by atoms with Crippen molar-refractivity contribution < 1.29 is 4.79 Å². The molecule has 136 valence electrons. The Bertz CT molecular complexity index is 888. The first-order valence-corrected chi connectivity index (χ1v) is 9.96. The van der Waals surface area contributed by atoms with E-state index in [0.29, 0.717) is 12.1 Å². The van der Waals surface area contributed by atoms with Crippen molar-refractivity contribution in [2.45, 2.75) is 39.2 Å². The summed E-state index contributed by atoms with van der Waals surface area (Å²) < 4.78 is 3.24. The van der Waals surface area contributed by atoms with E-state index in [1.54, 1.807) is 0 Å². The summed E-state index contributed by atoms with van der Waals surface area (Å²) in [5.41, 5.74) is 2.93. The number of halogens is 1. The number of aromatic nitrogens is 2. The van der Waals surface area contributed by atoms with Crippen molar-refractivity contribution in [1.29, 1.82) is 0 Å². The van der Waals surface area contributed by atoms with Gasteiger partial charge in [-0.3, -0.25) is 4.79 Å². The molecule has 0 aliphatic carbocycles. The van der Waals surface area contributed by atoms with Crippen molar-refractivity contribution in [3.8, 4) is 0 Å². The number of imidazole rings is 1. The Hall–Kier alpha value is -2.14. The first-order valence-electron chi connectivity index (χ1n) is 9.17. The molecule has 1 aromatic heterocycles. The lowest BCUT2D eigenvalue weighted by Gasteiger charge is -2.09. The fourth-order valence-corrected chi connectivity index (χ4v) is 3.46. The number of nitrogens with one attached hydrogen (secondary N) is 1. The molecular weight excluding hydrogens is 390 g/mol. The zero-order valence-electron chi connectivity index (χ0n) is 15.0. The van der Waals surface area contributed by atoms with Gasteiger partial charge in [0.1, 0.15) is 5.82 Å². The van der Waals surface area contributed by atoms with Gasteiger partial charge >= 0.3 is 0 Å². The summed E-state index contributed by atoms with van der Waals surface area (Å²) in [6.45, 7) is 3.84. The van der Waals surface area contributed by atoms with Crippen LogP contribution in [0.1, 0.15) is 42.4 Å². The molecule has 26 heavy (non-hydrogen) atoms. The van der Waals surface area contributed by atoms with Crippen LogP contribution < -0.4 is 5.32 Å². The number of hydrogen-bond acceptors (Lipinski definition) is 2. The molecular formula is C21H24BrN3O. The second kappa shape index (κ2) is 8.99. The molecule has 0 radical (unpaired) electrons. The molecule has 0 unspecified atom stereocenters. The molecule has 0 aliphatic heterocycles. The van der Waals surface area contributed by atoms with Gasteiger partial charge < -0.3 is 9.88 Å². The standard InChI is InChI=1S/C21H24BrN3O/c1-2-3-14-25-19-11-5-4-10-18(19)24-20(25)12-7-13-23-21(26)16-8-6-9-17(22)15-16/h4-6,8-11,15H,2-3,7,12-14H2,1H3,(H,23,26). The lowest BCUT2D eigenvalue weighted by Crippen LogP contribution is -2.25. The van der Waals surface area contributed by atoms with Crippen LogP contribution in [0.25, 0.3) is 11.0 Å². The van der Waals surface area contributed by atoms with Gasteiger partial charge in [-0.25, -0.2) is 4.98 Å². The molecule has 4 nitrogen and oxygen atoms in total. The second-order valence-corrected chi connectivity index (χ2v) is 7.31. The molecule has 1 amide bonds. The van der Waals surface area contributed by atoms with Gasteiger partial charge in [0.25, 0.3) is 5.91 Å². The normalized spacial score (nSPS) is 11.0. The molecule has 2 aromatic carbocycles. The third-order valence-corrected chi connectivity index (χ3v) is 4.91. The Morgan fingerprint density at radius 1 is 1.15 bits per heavy atom. The monoisotopic (exact) mass is 413 g/mol. The van der Waals surface area contributed by atoms with Gasteiger partial charge in [-0.05, 0) is 43.2 Å². The van der Waals surface area contributed by atoms with Gasteiger partial charge in [0.2, 0.25) is 0 Å². The van der Waals surface area contributed by atoms with Gasteiger partial charge in [-0.1, -0.05) is 47.5 Å². The van der Waals surface area contributed by atoms with E-state index < -0.39 is 0 Å². The Morgan fingerprint density at radius 3 is 2.81 bits per heavy atom.